The molecule has 4 aliphatic carbocycles. The van der Waals surface area contributed by atoms with Gasteiger partial charge in [-0.1, -0.05) is 31.9 Å². The van der Waals surface area contributed by atoms with E-state index in [1.54, 1.807) is 0 Å². The molecule has 4 rings (SSSR count). The molecule has 4 bridgehead atoms. The zero-order chi connectivity index (χ0) is 9.10. The van der Waals surface area contributed by atoms with E-state index < -0.39 is 0 Å². The molecule has 13 heavy (non-hydrogen) atoms. The first-order chi connectivity index (χ1) is 6.13. The maximum atomic E-state index is 4.01. The predicted octanol–water partition coefficient (Wildman–Crippen LogP) is 4.12. The third kappa shape index (κ3) is 1.35. The van der Waals surface area contributed by atoms with E-state index in [-0.39, 0.29) is 0 Å². The Bertz CT molecular complexity index is 222. The van der Waals surface area contributed by atoms with Gasteiger partial charge in [-0.25, -0.2) is 0 Å². The topological polar surface area (TPSA) is 0 Å². The molecule has 74 valence electrons. The van der Waals surface area contributed by atoms with Gasteiger partial charge in [-0.2, -0.15) is 0 Å². The van der Waals surface area contributed by atoms with Gasteiger partial charge in [-0.15, -0.1) is 0 Å². The second-order valence-corrected chi connectivity index (χ2v) is 7.99. The lowest BCUT2D eigenvalue weighted by Gasteiger charge is -2.60. The van der Waals surface area contributed by atoms with Gasteiger partial charge in [-0.05, 0) is 55.8 Å². The van der Waals surface area contributed by atoms with Crippen LogP contribution in [0.2, 0.25) is 0 Å². The molecule has 0 nitrogen and oxygen atoms in total. The first kappa shape index (κ1) is 9.21. The van der Waals surface area contributed by atoms with Gasteiger partial charge in [0, 0.05) is 9.65 Å². The molecular formula is C11H16Br2. The molecule has 0 spiro atoms. The van der Waals surface area contributed by atoms with E-state index in [2.05, 4.69) is 31.9 Å². The Balaban J connectivity index is 1.95. The quantitative estimate of drug-likeness (QED) is 0.639. The molecule has 0 aromatic heterocycles. The minimum absolute atomic E-state index is 0.546. The number of hydrogen-bond donors (Lipinski definition) is 0. The summed E-state index contributed by atoms with van der Waals surface area (Å²) in [6.07, 6.45) is 8.88. The molecule has 2 heteroatoms. The Hall–Kier alpha value is 0.960. The molecule has 0 aliphatic heterocycles. The van der Waals surface area contributed by atoms with Gasteiger partial charge in [-0.3, -0.25) is 0 Å². The summed E-state index contributed by atoms with van der Waals surface area (Å²) < 4.78 is 0.546. The SMILES string of the molecule is BrCC12CC3CC(CC(Br)(C3)C1)C2. The normalized spacial score (nSPS) is 58.6. The van der Waals surface area contributed by atoms with Gasteiger partial charge in [0.05, 0.1) is 0 Å². The third-order valence-corrected chi connectivity index (χ3v) is 6.51. The van der Waals surface area contributed by atoms with Crippen molar-refractivity contribution in [2.24, 2.45) is 17.3 Å². The standard InChI is InChI=1S/C11H16Br2/c12-7-10-2-8-1-9(3-10)5-11(13,4-8)6-10/h8-9H,1-7H2. The van der Waals surface area contributed by atoms with Crippen LogP contribution in [-0.2, 0) is 0 Å². The van der Waals surface area contributed by atoms with Gasteiger partial charge in [0.2, 0.25) is 0 Å². The van der Waals surface area contributed by atoms with Crippen LogP contribution in [-0.4, -0.2) is 9.65 Å². The molecule has 0 saturated heterocycles. The smallest absolute Gasteiger partial charge is 0.0268 e. The summed E-state index contributed by atoms with van der Waals surface area (Å²) >= 11 is 7.75. The highest BCUT2D eigenvalue weighted by Gasteiger charge is 2.56. The first-order valence-electron chi connectivity index (χ1n) is 5.38. The van der Waals surface area contributed by atoms with E-state index in [9.17, 15) is 0 Å². The maximum absolute atomic E-state index is 4.01. The van der Waals surface area contributed by atoms with Crippen LogP contribution in [0.25, 0.3) is 0 Å². The third-order valence-electron chi connectivity index (χ3n) is 4.39. The zero-order valence-electron chi connectivity index (χ0n) is 7.86. The Morgan fingerprint density at radius 3 is 2.15 bits per heavy atom. The van der Waals surface area contributed by atoms with E-state index in [4.69, 9.17) is 0 Å². The maximum Gasteiger partial charge on any atom is 0.0268 e. The molecular weight excluding hydrogens is 292 g/mol. The fourth-order valence-corrected chi connectivity index (χ4v) is 6.66. The van der Waals surface area contributed by atoms with Gasteiger partial charge >= 0.3 is 0 Å². The van der Waals surface area contributed by atoms with Gasteiger partial charge in [0.15, 0.2) is 0 Å². The van der Waals surface area contributed by atoms with Crippen molar-refractivity contribution >= 4 is 31.9 Å². The van der Waals surface area contributed by atoms with Crippen LogP contribution in [0.1, 0.15) is 38.5 Å². The molecule has 0 heterocycles. The number of alkyl halides is 2. The monoisotopic (exact) mass is 306 g/mol. The molecule has 0 aromatic rings. The molecule has 2 unspecified atom stereocenters. The first-order valence-corrected chi connectivity index (χ1v) is 7.30. The molecule has 0 amide bonds. The van der Waals surface area contributed by atoms with E-state index in [0.717, 1.165) is 11.8 Å². The summed E-state index contributed by atoms with van der Waals surface area (Å²) in [7, 11) is 0. The van der Waals surface area contributed by atoms with E-state index >= 15 is 0 Å². The van der Waals surface area contributed by atoms with Crippen molar-refractivity contribution in [2.45, 2.75) is 42.8 Å². The van der Waals surface area contributed by atoms with Crippen LogP contribution in [0.5, 0.6) is 0 Å². The fourth-order valence-electron chi connectivity index (χ4n) is 4.49. The lowest BCUT2D eigenvalue weighted by Crippen LogP contribution is -2.53. The Morgan fingerprint density at radius 2 is 1.69 bits per heavy atom. The molecule has 4 fully saturated rings. The molecule has 4 saturated carbocycles. The average Bonchev–Trinajstić information content (AvgIpc) is 1.99. The number of rotatable bonds is 1. The minimum Gasteiger partial charge on any atom is -0.0922 e. The van der Waals surface area contributed by atoms with Crippen molar-refractivity contribution in [3.63, 3.8) is 0 Å². The minimum atomic E-state index is 0.546. The largest absolute Gasteiger partial charge is 0.0922 e. The predicted molar refractivity (Wildman–Crippen MR) is 62.6 cm³/mol. The van der Waals surface area contributed by atoms with Crippen molar-refractivity contribution < 1.29 is 0 Å². The highest BCUT2D eigenvalue weighted by atomic mass is 79.9. The Labute approximate surface area is 97.1 Å². The number of hydrogen-bond acceptors (Lipinski definition) is 0. The summed E-state index contributed by atoms with van der Waals surface area (Å²) in [5.74, 6) is 2.08. The van der Waals surface area contributed by atoms with Crippen LogP contribution in [0.4, 0.5) is 0 Å². The van der Waals surface area contributed by atoms with Crippen molar-refractivity contribution in [1.82, 2.24) is 0 Å². The van der Waals surface area contributed by atoms with Crippen molar-refractivity contribution in [1.29, 1.82) is 0 Å². The van der Waals surface area contributed by atoms with Gasteiger partial charge in [0.1, 0.15) is 0 Å². The molecule has 0 N–H and O–H groups in total. The van der Waals surface area contributed by atoms with Crippen LogP contribution >= 0.6 is 31.9 Å². The lowest BCUT2D eigenvalue weighted by molar-refractivity contribution is -0.0188. The highest BCUT2D eigenvalue weighted by Crippen LogP contribution is 2.64. The van der Waals surface area contributed by atoms with E-state index in [1.165, 1.54) is 43.9 Å². The second kappa shape index (κ2) is 2.75. The van der Waals surface area contributed by atoms with Gasteiger partial charge < -0.3 is 0 Å². The van der Waals surface area contributed by atoms with Crippen LogP contribution in [0.15, 0.2) is 0 Å². The Morgan fingerprint density at radius 1 is 1.08 bits per heavy atom. The zero-order valence-corrected chi connectivity index (χ0v) is 11.0. The Kier molecular flexibility index (Phi) is 1.95. The van der Waals surface area contributed by atoms with E-state index in [0.29, 0.717) is 9.74 Å². The molecule has 2 atom stereocenters. The highest BCUT2D eigenvalue weighted by molar-refractivity contribution is 9.10. The molecule has 0 radical (unpaired) electrons. The summed E-state index contributed by atoms with van der Waals surface area (Å²) in [6, 6.07) is 0. The summed E-state index contributed by atoms with van der Waals surface area (Å²) in [6.45, 7) is 0. The van der Waals surface area contributed by atoms with Crippen LogP contribution < -0.4 is 0 Å². The van der Waals surface area contributed by atoms with Crippen molar-refractivity contribution in [3.05, 3.63) is 0 Å². The summed E-state index contributed by atoms with van der Waals surface area (Å²) in [4.78, 5) is 0. The number of halogens is 2. The van der Waals surface area contributed by atoms with Gasteiger partial charge in [0.25, 0.3) is 0 Å². The van der Waals surface area contributed by atoms with Crippen LogP contribution in [0, 0.1) is 17.3 Å². The van der Waals surface area contributed by atoms with Crippen LogP contribution in [0.3, 0.4) is 0 Å². The van der Waals surface area contributed by atoms with Crippen molar-refractivity contribution in [3.8, 4) is 0 Å². The fraction of sp³-hybridized carbons (Fsp3) is 1.00. The summed E-state index contributed by atoms with van der Waals surface area (Å²) in [5.41, 5.74) is 0.674. The molecule has 0 aromatic carbocycles. The van der Waals surface area contributed by atoms with Crippen molar-refractivity contribution in [2.75, 3.05) is 5.33 Å². The molecule has 4 aliphatic rings. The average molecular weight is 308 g/mol. The summed E-state index contributed by atoms with van der Waals surface area (Å²) in [5, 5.41) is 1.24. The second-order valence-electron chi connectivity index (χ2n) is 5.75. The lowest BCUT2D eigenvalue weighted by atomic mass is 9.50. The van der Waals surface area contributed by atoms with E-state index in [1.807, 2.05) is 0 Å².